The summed E-state index contributed by atoms with van der Waals surface area (Å²) in [7, 11) is 0. The minimum absolute atomic E-state index is 0.144. The highest BCUT2D eigenvalue weighted by Gasteiger charge is 2.12. The van der Waals surface area contributed by atoms with Crippen LogP contribution < -0.4 is 14.8 Å². The molecule has 0 radical (unpaired) electrons. The Morgan fingerprint density at radius 3 is 2.91 bits per heavy atom. The van der Waals surface area contributed by atoms with Crippen LogP contribution >= 0.6 is 0 Å². The third-order valence-electron chi connectivity index (χ3n) is 3.15. The second-order valence-electron chi connectivity index (χ2n) is 4.73. The van der Waals surface area contributed by atoms with E-state index in [4.69, 9.17) is 9.47 Å². The lowest BCUT2D eigenvalue weighted by Gasteiger charge is -2.02. The number of rotatable bonds is 5. The summed E-state index contributed by atoms with van der Waals surface area (Å²) in [6.07, 6.45) is 8.89. The fraction of sp³-hybridized carbons (Fsp3) is 0.188. The molecule has 0 unspecified atom stereocenters. The quantitative estimate of drug-likeness (QED) is 0.848. The Hall–Kier alpha value is -2.89. The van der Waals surface area contributed by atoms with E-state index in [1.54, 1.807) is 18.5 Å². The second kappa shape index (κ2) is 6.71. The average Bonchev–Trinajstić information content (AvgIpc) is 3.01. The van der Waals surface area contributed by atoms with Crippen LogP contribution in [0.5, 0.6) is 11.5 Å². The second-order valence-corrected chi connectivity index (χ2v) is 4.73. The first-order valence-corrected chi connectivity index (χ1v) is 6.91. The fourth-order valence-corrected chi connectivity index (χ4v) is 2.04. The van der Waals surface area contributed by atoms with Crippen molar-refractivity contribution < 1.29 is 14.3 Å². The van der Waals surface area contributed by atoms with E-state index >= 15 is 0 Å². The van der Waals surface area contributed by atoms with Gasteiger partial charge < -0.3 is 14.8 Å². The van der Waals surface area contributed by atoms with Crippen LogP contribution in [0, 0.1) is 0 Å². The van der Waals surface area contributed by atoms with Gasteiger partial charge in [0, 0.05) is 25.0 Å². The maximum atomic E-state index is 11.8. The van der Waals surface area contributed by atoms with Gasteiger partial charge >= 0.3 is 0 Å². The van der Waals surface area contributed by atoms with Gasteiger partial charge in [0.2, 0.25) is 12.7 Å². The van der Waals surface area contributed by atoms with E-state index < -0.39 is 0 Å². The molecule has 0 saturated heterocycles. The maximum Gasteiger partial charge on any atom is 0.244 e. The lowest BCUT2D eigenvalue weighted by atomic mass is 10.2. The number of hydrogen-bond donors (Lipinski definition) is 1. The number of amides is 1. The number of benzene rings is 1. The molecule has 1 amide bonds. The van der Waals surface area contributed by atoms with Gasteiger partial charge in [0.1, 0.15) is 6.33 Å². The molecule has 2 aromatic rings. The number of aromatic nitrogens is 2. The molecule has 112 valence electrons. The molecular weight excluding hydrogens is 282 g/mol. The lowest BCUT2D eigenvalue weighted by Crippen LogP contribution is -2.23. The van der Waals surface area contributed by atoms with Crippen molar-refractivity contribution in [3.05, 3.63) is 54.1 Å². The molecule has 1 aliphatic rings. The first-order valence-electron chi connectivity index (χ1n) is 6.91. The van der Waals surface area contributed by atoms with Gasteiger partial charge in [-0.05, 0) is 35.8 Å². The Morgan fingerprint density at radius 1 is 1.23 bits per heavy atom. The van der Waals surface area contributed by atoms with E-state index in [1.807, 2.05) is 18.2 Å². The summed E-state index contributed by atoms with van der Waals surface area (Å²) >= 11 is 0. The highest BCUT2D eigenvalue weighted by molar-refractivity contribution is 5.91. The van der Waals surface area contributed by atoms with Crippen molar-refractivity contribution in [3.63, 3.8) is 0 Å². The highest BCUT2D eigenvalue weighted by Crippen LogP contribution is 2.32. The molecule has 0 fully saturated rings. The van der Waals surface area contributed by atoms with Crippen LogP contribution in [0.2, 0.25) is 0 Å². The molecule has 0 atom stereocenters. The van der Waals surface area contributed by atoms with Crippen molar-refractivity contribution in [1.29, 1.82) is 0 Å². The normalized spacial score (nSPS) is 12.5. The predicted molar refractivity (Wildman–Crippen MR) is 80.3 cm³/mol. The van der Waals surface area contributed by atoms with Crippen molar-refractivity contribution in [2.24, 2.45) is 0 Å². The van der Waals surface area contributed by atoms with Crippen LogP contribution in [-0.4, -0.2) is 29.2 Å². The summed E-state index contributed by atoms with van der Waals surface area (Å²) in [6.45, 7) is 0.782. The lowest BCUT2D eigenvalue weighted by molar-refractivity contribution is -0.116. The summed E-state index contributed by atoms with van der Waals surface area (Å²) in [6, 6.07) is 5.54. The minimum Gasteiger partial charge on any atom is -0.454 e. The van der Waals surface area contributed by atoms with E-state index in [0.29, 0.717) is 18.7 Å². The van der Waals surface area contributed by atoms with Crippen molar-refractivity contribution in [3.8, 4) is 11.5 Å². The van der Waals surface area contributed by atoms with Crippen LogP contribution in [0.4, 0.5) is 0 Å². The Kier molecular flexibility index (Phi) is 4.29. The first kappa shape index (κ1) is 14.1. The highest BCUT2D eigenvalue weighted by atomic mass is 16.7. The predicted octanol–water partition coefficient (Wildman–Crippen LogP) is 1.58. The van der Waals surface area contributed by atoms with Gasteiger partial charge in [0.15, 0.2) is 11.5 Å². The van der Waals surface area contributed by atoms with E-state index in [0.717, 1.165) is 16.9 Å². The van der Waals surface area contributed by atoms with Crippen LogP contribution in [0.1, 0.15) is 11.1 Å². The van der Waals surface area contributed by atoms with Crippen LogP contribution in [0.25, 0.3) is 6.08 Å². The number of nitrogens with one attached hydrogen (secondary N) is 1. The van der Waals surface area contributed by atoms with Crippen molar-refractivity contribution >= 4 is 12.0 Å². The van der Waals surface area contributed by atoms with E-state index in [1.165, 1.54) is 12.4 Å². The molecular formula is C16H15N3O3. The molecule has 1 aromatic carbocycles. The zero-order valence-corrected chi connectivity index (χ0v) is 11.9. The summed E-state index contributed by atoms with van der Waals surface area (Å²) in [4.78, 5) is 19.6. The number of carbonyl (C=O) groups is 1. The molecule has 1 aliphatic heterocycles. The Bertz CT molecular complexity index is 686. The third kappa shape index (κ3) is 3.60. The summed E-state index contributed by atoms with van der Waals surface area (Å²) in [5.74, 6) is 1.29. The molecule has 1 N–H and O–H groups in total. The molecule has 0 aliphatic carbocycles. The molecule has 2 heterocycles. The summed E-state index contributed by atoms with van der Waals surface area (Å²) in [5.41, 5.74) is 1.87. The summed E-state index contributed by atoms with van der Waals surface area (Å²) in [5, 5.41) is 2.82. The monoisotopic (exact) mass is 297 g/mol. The van der Waals surface area contributed by atoms with Gasteiger partial charge in [-0.15, -0.1) is 0 Å². The fourth-order valence-electron chi connectivity index (χ4n) is 2.04. The van der Waals surface area contributed by atoms with Gasteiger partial charge in [-0.25, -0.2) is 9.97 Å². The van der Waals surface area contributed by atoms with E-state index in [9.17, 15) is 4.79 Å². The Labute approximate surface area is 127 Å². The van der Waals surface area contributed by atoms with Crippen LogP contribution in [0.15, 0.2) is 43.0 Å². The summed E-state index contributed by atoms with van der Waals surface area (Å²) < 4.78 is 10.5. The van der Waals surface area contributed by atoms with Gasteiger partial charge in [0.05, 0.1) is 0 Å². The molecule has 3 rings (SSSR count). The van der Waals surface area contributed by atoms with Crippen LogP contribution in [0.3, 0.4) is 0 Å². The number of nitrogens with zero attached hydrogens (tertiary/aromatic N) is 2. The zero-order valence-electron chi connectivity index (χ0n) is 11.9. The standard InChI is InChI=1S/C16H15N3O3/c20-16(19-6-5-13-8-17-10-18-9-13)4-2-12-1-3-14-15(7-12)22-11-21-14/h1-4,7-10H,5-6,11H2,(H,19,20)/b4-2+. The van der Waals surface area contributed by atoms with Gasteiger partial charge in [-0.2, -0.15) is 0 Å². The van der Waals surface area contributed by atoms with Crippen LogP contribution in [-0.2, 0) is 11.2 Å². The number of hydrogen-bond acceptors (Lipinski definition) is 5. The number of fused-ring (bicyclic) bond motifs is 1. The molecule has 6 heteroatoms. The van der Waals surface area contributed by atoms with Gasteiger partial charge in [0.25, 0.3) is 0 Å². The van der Waals surface area contributed by atoms with Gasteiger partial charge in [-0.3, -0.25) is 4.79 Å². The molecule has 22 heavy (non-hydrogen) atoms. The Balaban J connectivity index is 1.49. The minimum atomic E-state index is -0.144. The molecule has 1 aromatic heterocycles. The van der Waals surface area contributed by atoms with Crippen molar-refractivity contribution in [2.45, 2.75) is 6.42 Å². The number of carbonyl (C=O) groups excluding carboxylic acids is 1. The van der Waals surface area contributed by atoms with Crippen molar-refractivity contribution in [2.75, 3.05) is 13.3 Å². The van der Waals surface area contributed by atoms with E-state index in [2.05, 4.69) is 15.3 Å². The van der Waals surface area contributed by atoms with E-state index in [-0.39, 0.29) is 12.7 Å². The zero-order chi connectivity index (χ0) is 15.2. The molecule has 6 nitrogen and oxygen atoms in total. The third-order valence-corrected chi connectivity index (χ3v) is 3.15. The smallest absolute Gasteiger partial charge is 0.244 e. The maximum absolute atomic E-state index is 11.8. The molecule has 0 bridgehead atoms. The first-order chi connectivity index (χ1) is 10.8. The SMILES string of the molecule is O=C(/C=C/c1ccc2c(c1)OCO2)NCCc1cncnc1. The average molecular weight is 297 g/mol. The molecule has 0 saturated carbocycles. The topological polar surface area (TPSA) is 73.3 Å². The largest absolute Gasteiger partial charge is 0.454 e. The Morgan fingerprint density at radius 2 is 2.05 bits per heavy atom. The van der Waals surface area contributed by atoms with Crippen molar-refractivity contribution in [1.82, 2.24) is 15.3 Å². The number of ether oxygens (including phenoxy) is 2. The van der Waals surface area contributed by atoms with Gasteiger partial charge in [-0.1, -0.05) is 6.07 Å². The molecule has 0 spiro atoms.